The zero-order valence-electron chi connectivity index (χ0n) is 25.0. The maximum atomic E-state index is 9.55. The van der Waals surface area contributed by atoms with E-state index in [9.17, 15) is 19.2 Å². The predicted octanol–water partition coefficient (Wildman–Crippen LogP) is 3.60. The highest BCUT2D eigenvalue weighted by Gasteiger charge is 2.30. The van der Waals surface area contributed by atoms with Gasteiger partial charge in [0.2, 0.25) is 0 Å². The smallest absolute Gasteiger partial charge is 0.328 e. The Hall–Kier alpha value is -4.21. The van der Waals surface area contributed by atoms with E-state index in [1.165, 1.54) is 20.9 Å². The summed E-state index contributed by atoms with van der Waals surface area (Å²) < 4.78 is 0. The summed E-state index contributed by atoms with van der Waals surface area (Å²) in [7, 11) is 0. The molecular formula is C31H37ClN2O11S. The highest BCUT2D eigenvalue weighted by Crippen LogP contribution is 2.43. The number of aliphatic hydroxyl groups is 1. The summed E-state index contributed by atoms with van der Waals surface area (Å²) in [6, 6.07) is 15.5. The second kappa shape index (κ2) is 21.5. The fourth-order valence-corrected chi connectivity index (χ4v) is 5.58. The average molecular weight is 681 g/mol. The number of aliphatic hydroxyl groups excluding tert-OH is 1. The standard InChI is InChI=1S/C21H25ClN2OS.2C4H4O4.C2H4O2/c22-17-6-7-21-18(15-17)19(14-16-4-1-2-5-20(16)26-21)24-11-9-23(10-12-24)8-3-13-25;2*5-3(6)1-2-4(7)8;1-2(3)4/h1-2,4-7,15,19,25H,3,8-14H2;2*1-2H,(H,5,6)(H,7,8);1H3,(H,3,4)/b;2*2-1-;. The maximum absolute atomic E-state index is 9.55. The van der Waals surface area contributed by atoms with Gasteiger partial charge in [-0.1, -0.05) is 41.6 Å². The van der Waals surface area contributed by atoms with Gasteiger partial charge in [-0.3, -0.25) is 9.69 Å². The van der Waals surface area contributed by atoms with Crippen molar-refractivity contribution in [2.75, 3.05) is 39.3 Å². The van der Waals surface area contributed by atoms with E-state index in [-0.39, 0.29) is 6.61 Å². The molecule has 0 aromatic heterocycles. The first-order chi connectivity index (χ1) is 21.7. The van der Waals surface area contributed by atoms with Gasteiger partial charge in [0.25, 0.3) is 5.97 Å². The first-order valence-electron chi connectivity index (χ1n) is 13.8. The molecule has 1 fully saturated rings. The van der Waals surface area contributed by atoms with Gasteiger partial charge < -0.3 is 35.5 Å². The Kier molecular flexibility index (Phi) is 18.6. The molecule has 2 aromatic carbocycles. The fraction of sp³-hybridized carbons (Fsp3) is 0.323. The van der Waals surface area contributed by atoms with E-state index in [4.69, 9.17) is 47.0 Å². The largest absolute Gasteiger partial charge is 0.481 e. The third kappa shape index (κ3) is 16.7. The number of aliphatic carboxylic acids is 5. The van der Waals surface area contributed by atoms with Gasteiger partial charge in [-0.25, -0.2) is 19.2 Å². The van der Waals surface area contributed by atoms with Gasteiger partial charge in [0.05, 0.1) is 0 Å². The van der Waals surface area contributed by atoms with Crippen LogP contribution in [0.15, 0.2) is 76.6 Å². The number of nitrogens with zero attached hydrogens (tertiary/aromatic N) is 2. The lowest BCUT2D eigenvalue weighted by Crippen LogP contribution is -2.48. The molecule has 0 saturated carbocycles. The molecule has 4 rings (SSSR count). The average Bonchev–Trinajstić information content (AvgIpc) is 3.15. The molecule has 1 saturated heterocycles. The molecule has 0 bridgehead atoms. The van der Waals surface area contributed by atoms with E-state index in [1.807, 2.05) is 17.8 Å². The molecule has 1 unspecified atom stereocenters. The van der Waals surface area contributed by atoms with Crippen LogP contribution in [0.2, 0.25) is 5.02 Å². The molecule has 13 nitrogen and oxygen atoms in total. The lowest BCUT2D eigenvalue weighted by molar-refractivity contribution is -0.134. The van der Waals surface area contributed by atoms with Crippen molar-refractivity contribution < 1.29 is 54.6 Å². The fourth-order valence-electron chi connectivity index (χ4n) is 4.29. The Balaban J connectivity index is 0.000000435. The Morgan fingerprint density at radius 2 is 1.30 bits per heavy atom. The van der Waals surface area contributed by atoms with Gasteiger partial charge in [0.15, 0.2) is 0 Å². The molecule has 0 radical (unpaired) electrons. The van der Waals surface area contributed by atoms with Gasteiger partial charge >= 0.3 is 23.9 Å². The van der Waals surface area contributed by atoms with E-state index in [1.54, 1.807) is 0 Å². The number of fused-ring (bicyclic) bond motifs is 2. The summed E-state index contributed by atoms with van der Waals surface area (Å²) in [5, 5.41) is 48.5. The van der Waals surface area contributed by atoms with E-state index in [0.29, 0.717) is 30.3 Å². The van der Waals surface area contributed by atoms with Gasteiger partial charge in [-0.15, -0.1) is 0 Å². The van der Waals surface area contributed by atoms with Crippen LogP contribution in [-0.4, -0.2) is 110 Å². The number of carbonyl (C=O) groups is 5. The summed E-state index contributed by atoms with van der Waals surface area (Å²) in [5.41, 5.74) is 2.79. The summed E-state index contributed by atoms with van der Waals surface area (Å²) in [5.74, 6) is -5.86. The third-order valence-corrected chi connectivity index (χ3v) is 7.60. The molecular weight excluding hydrogens is 644 g/mol. The molecule has 0 aliphatic carbocycles. The second-order valence-corrected chi connectivity index (χ2v) is 11.1. The number of rotatable bonds is 8. The summed E-state index contributed by atoms with van der Waals surface area (Å²) in [6.45, 7) is 6.63. The van der Waals surface area contributed by atoms with Crippen molar-refractivity contribution in [1.29, 1.82) is 0 Å². The zero-order chi connectivity index (χ0) is 34.6. The molecule has 6 N–H and O–H groups in total. The molecule has 0 amide bonds. The van der Waals surface area contributed by atoms with Crippen LogP contribution in [-0.2, 0) is 30.4 Å². The van der Waals surface area contributed by atoms with Gasteiger partial charge in [0, 0.05) is 91.4 Å². The SMILES string of the molecule is CC(=O)O.O=C(O)/C=C\C(=O)O.O=C(O)/C=C\C(=O)O.OCCCN1CCN(C2Cc3ccccc3Sc3ccc(Cl)cc32)CC1. The molecule has 2 aromatic rings. The van der Waals surface area contributed by atoms with Crippen molar-refractivity contribution in [2.45, 2.75) is 35.6 Å². The van der Waals surface area contributed by atoms with Crippen molar-refractivity contribution in [3.63, 3.8) is 0 Å². The molecule has 46 heavy (non-hydrogen) atoms. The number of carboxylic acids is 5. The van der Waals surface area contributed by atoms with E-state index < -0.39 is 29.8 Å². The molecule has 15 heteroatoms. The number of carboxylic acid groups (broad SMARTS) is 5. The van der Waals surface area contributed by atoms with Crippen molar-refractivity contribution in [2.24, 2.45) is 0 Å². The van der Waals surface area contributed by atoms with Crippen LogP contribution in [0, 0.1) is 0 Å². The summed E-state index contributed by atoms with van der Waals surface area (Å²) in [4.78, 5) is 55.0. The topological polar surface area (TPSA) is 213 Å². The van der Waals surface area contributed by atoms with Gasteiger partial charge in [-0.2, -0.15) is 0 Å². The molecule has 0 spiro atoms. The van der Waals surface area contributed by atoms with Crippen LogP contribution in [0.25, 0.3) is 0 Å². The number of halogens is 1. The van der Waals surface area contributed by atoms with Crippen LogP contribution in [0.3, 0.4) is 0 Å². The van der Waals surface area contributed by atoms with Crippen LogP contribution in [0.1, 0.15) is 30.5 Å². The minimum absolute atomic E-state index is 0.280. The van der Waals surface area contributed by atoms with Gasteiger partial charge in [-0.05, 0) is 48.2 Å². The van der Waals surface area contributed by atoms with Crippen LogP contribution in [0.4, 0.5) is 0 Å². The second-order valence-electron chi connectivity index (χ2n) is 9.61. The van der Waals surface area contributed by atoms with Crippen LogP contribution in [0.5, 0.6) is 0 Å². The normalized spacial score (nSPS) is 15.8. The lowest BCUT2D eigenvalue weighted by Gasteiger charge is -2.39. The van der Waals surface area contributed by atoms with E-state index in [2.05, 4.69) is 46.2 Å². The highest BCUT2D eigenvalue weighted by atomic mass is 35.5. The number of hydrogen-bond acceptors (Lipinski definition) is 9. The minimum atomic E-state index is -1.26. The van der Waals surface area contributed by atoms with Crippen molar-refractivity contribution in [3.05, 3.63) is 82.9 Å². The number of hydrogen-bond donors (Lipinski definition) is 6. The molecule has 250 valence electrons. The van der Waals surface area contributed by atoms with Crippen molar-refractivity contribution >= 4 is 53.2 Å². The molecule has 2 aliphatic rings. The first-order valence-corrected chi connectivity index (χ1v) is 15.0. The Morgan fingerprint density at radius 3 is 1.78 bits per heavy atom. The number of benzene rings is 2. The summed E-state index contributed by atoms with van der Waals surface area (Å²) >= 11 is 8.23. The molecule has 2 aliphatic heterocycles. The first kappa shape index (κ1) is 39.8. The van der Waals surface area contributed by atoms with E-state index in [0.717, 1.165) is 57.5 Å². The van der Waals surface area contributed by atoms with Crippen molar-refractivity contribution in [3.8, 4) is 0 Å². The highest BCUT2D eigenvalue weighted by molar-refractivity contribution is 7.99. The Labute approximate surface area is 275 Å². The van der Waals surface area contributed by atoms with Crippen molar-refractivity contribution in [1.82, 2.24) is 9.80 Å². The zero-order valence-corrected chi connectivity index (χ0v) is 26.6. The minimum Gasteiger partial charge on any atom is -0.481 e. The monoisotopic (exact) mass is 680 g/mol. The number of piperazine rings is 1. The Morgan fingerprint density at radius 1 is 0.804 bits per heavy atom. The van der Waals surface area contributed by atoms with E-state index >= 15 is 0 Å². The predicted molar refractivity (Wildman–Crippen MR) is 170 cm³/mol. The quantitative estimate of drug-likeness (QED) is 0.220. The van der Waals surface area contributed by atoms with Gasteiger partial charge in [0.1, 0.15) is 0 Å². The lowest BCUT2D eigenvalue weighted by atomic mass is 9.96. The molecule has 1 atom stereocenters. The molecule has 2 heterocycles. The maximum Gasteiger partial charge on any atom is 0.328 e. The van der Waals surface area contributed by atoms with Crippen LogP contribution < -0.4 is 0 Å². The Bertz CT molecular complexity index is 1320. The van der Waals surface area contributed by atoms with Crippen LogP contribution >= 0.6 is 23.4 Å². The summed E-state index contributed by atoms with van der Waals surface area (Å²) in [6.07, 6.45) is 4.13. The third-order valence-electron chi connectivity index (χ3n) is 6.15.